The van der Waals surface area contributed by atoms with Gasteiger partial charge in [0.2, 0.25) is 0 Å². The van der Waals surface area contributed by atoms with E-state index < -0.39 is 0 Å². The summed E-state index contributed by atoms with van der Waals surface area (Å²) in [6, 6.07) is 8.39. The highest BCUT2D eigenvalue weighted by Crippen LogP contribution is 2.26. The quantitative estimate of drug-likeness (QED) is 0.620. The zero-order chi connectivity index (χ0) is 14.5. The minimum absolute atomic E-state index is 0.189. The molecule has 4 heteroatoms. The van der Waals surface area contributed by atoms with E-state index in [1.807, 2.05) is 13.0 Å². The normalized spacial score (nSPS) is 10.8. The SMILES string of the molecule is CCOC(=O)CSc1nc2ccc(C)cc2cc1CC. The Balaban J connectivity index is 2.27. The molecule has 106 valence electrons. The second-order valence-corrected chi connectivity index (χ2v) is 5.56. The molecule has 2 rings (SSSR count). The molecule has 0 N–H and O–H groups in total. The van der Waals surface area contributed by atoms with Gasteiger partial charge in [-0.3, -0.25) is 4.79 Å². The van der Waals surface area contributed by atoms with Gasteiger partial charge in [-0.1, -0.05) is 30.3 Å². The summed E-state index contributed by atoms with van der Waals surface area (Å²) in [6.45, 7) is 6.42. The van der Waals surface area contributed by atoms with Gasteiger partial charge in [0.25, 0.3) is 0 Å². The van der Waals surface area contributed by atoms with Crippen LogP contribution in [0.4, 0.5) is 0 Å². The van der Waals surface area contributed by atoms with Gasteiger partial charge < -0.3 is 4.74 Å². The van der Waals surface area contributed by atoms with Crippen LogP contribution in [-0.2, 0) is 16.0 Å². The molecule has 0 aliphatic carbocycles. The maximum atomic E-state index is 11.5. The van der Waals surface area contributed by atoms with Crippen molar-refractivity contribution in [3.05, 3.63) is 35.4 Å². The first-order valence-electron chi connectivity index (χ1n) is 6.82. The van der Waals surface area contributed by atoms with Crippen LogP contribution in [0.5, 0.6) is 0 Å². The lowest BCUT2D eigenvalue weighted by Gasteiger charge is -2.09. The predicted octanol–water partition coefficient (Wildman–Crippen LogP) is 3.76. The molecular formula is C16H19NO2S. The van der Waals surface area contributed by atoms with E-state index in [0.717, 1.165) is 22.3 Å². The molecule has 20 heavy (non-hydrogen) atoms. The summed E-state index contributed by atoms with van der Waals surface area (Å²) >= 11 is 1.45. The van der Waals surface area contributed by atoms with Crippen molar-refractivity contribution < 1.29 is 9.53 Å². The minimum Gasteiger partial charge on any atom is -0.465 e. The van der Waals surface area contributed by atoms with Crippen molar-refractivity contribution in [3.63, 3.8) is 0 Å². The van der Waals surface area contributed by atoms with Crippen LogP contribution < -0.4 is 0 Å². The van der Waals surface area contributed by atoms with Crippen LogP contribution in [0.1, 0.15) is 25.0 Å². The molecule has 0 amide bonds. The van der Waals surface area contributed by atoms with Crippen molar-refractivity contribution in [1.29, 1.82) is 0 Å². The van der Waals surface area contributed by atoms with Gasteiger partial charge in [-0.2, -0.15) is 0 Å². The number of carbonyl (C=O) groups is 1. The third-order valence-electron chi connectivity index (χ3n) is 3.02. The fraction of sp³-hybridized carbons (Fsp3) is 0.375. The molecule has 0 aliphatic rings. The number of aryl methyl sites for hydroxylation is 2. The molecule has 1 aromatic heterocycles. The number of esters is 1. The van der Waals surface area contributed by atoms with Crippen LogP contribution in [0.15, 0.2) is 29.3 Å². The Morgan fingerprint density at radius 2 is 2.10 bits per heavy atom. The monoisotopic (exact) mass is 289 g/mol. The summed E-state index contributed by atoms with van der Waals surface area (Å²) in [7, 11) is 0. The van der Waals surface area contributed by atoms with Crippen LogP contribution in [0.25, 0.3) is 10.9 Å². The first-order chi connectivity index (χ1) is 9.63. The summed E-state index contributed by atoms with van der Waals surface area (Å²) < 4.78 is 4.95. The van der Waals surface area contributed by atoms with Crippen molar-refractivity contribution in [3.8, 4) is 0 Å². The van der Waals surface area contributed by atoms with E-state index in [0.29, 0.717) is 12.4 Å². The molecule has 2 aromatic rings. The number of thioether (sulfide) groups is 1. The Kier molecular flexibility index (Phi) is 5.01. The van der Waals surface area contributed by atoms with E-state index in [-0.39, 0.29) is 5.97 Å². The smallest absolute Gasteiger partial charge is 0.316 e. The third kappa shape index (κ3) is 3.51. The topological polar surface area (TPSA) is 39.2 Å². The summed E-state index contributed by atoms with van der Waals surface area (Å²) in [6.07, 6.45) is 0.905. The van der Waals surface area contributed by atoms with Crippen LogP contribution in [0.3, 0.4) is 0 Å². The Morgan fingerprint density at radius 1 is 1.30 bits per heavy atom. The van der Waals surface area contributed by atoms with Crippen LogP contribution in [0, 0.1) is 6.92 Å². The lowest BCUT2D eigenvalue weighted by Crippen LogP contribution is -2.07. The van der Waals surface area contributed by atoms with Crippen molar-refractivity contribution in [2.45, 2.75) is 32.2 Å². The average Bonchev–Trinajstić information content (AvgIpc) is 2.44. The summed E-state index contributed by atoms with van der Waals surface area (Å²) in [5, 5.41) is 2.08. The number of aromatic nitrogens is 1. The molecule has 0 bridgehead atoms. The Labute approximate surface area is 123 Å². The van der Waals surface area contributed by atoms with Gasteiger partial charge in [-0.25, -0.2) is 4.98 Å². The van der Waals surface area contributed by atoms with Gasteiger partial charge in [0.1, 0.15) is 5.03 Å². The minimum atomic E-state index is -0.189. The second-order valence-electron chi connectivity index (χ2n) is 4.60. The summed E-state index contributed by atoms with van der Waals surface area (Å²) in [5.74, 6) is 0.121. The van der Waals surface area contributed by atoms with Gasteiger partial charge >= 0.3 is 5.97 Å². The number of hydrogen-bond donors (Lipinski definition) is 0. The molecule has 0 aliphatic heterocycles. The second kappa shape index (κ2) is 6.75. The number of benzene rings is 1. The Bertz CT molecular complexity index is 625. The molecule has 0 saturated carbocycles. The first-order valence-corrected chi connectivity index (χ1v) is 7.81. The van der Waals surface area contributed by atoms with Gasteiger partial charge in [0.15, 0.2) is 0 Å². The highest BCUT2D eigenvalue weighted by molar-refractivity contribution is 7.99. The fourth-order valence-electron chi connectivity index (χ4n) is 2.03. The van der Waals surface area contributed by atoms with E-state index in [9.17, 15) is 4.79 Å². The number of hydrogen-bond acceptors (Lipinski definition) is 4. The van der Waals surface area contributed by atoms with Gasteiger partial charge in [-0.05, 0) is 44.0 Å². The van der Waals surface area contributed by atoms with Gasteiger partial charge in [0, 0.05) is 5.39 Å². The lowest BCUT2D eigenvalue weighted by molar-refractivity contribution is -0.139. The number of pyridine rings is 1. The van der Waals surface area contributed by atoms with E-state index in [1.165, 1.54) is 22.9 Å². The van der Waals surface area contributed by atoms with Crippen LogP contribution in [0.2, 0.25) is 0 Å². The Morgan fingerprint density at radius 3 is 2.80 bits per heavy atom. The Hall–Kier alpha value is -1.55. The molecule has 0 spiro atoms. The maximum Gasteiger partial charge on any atom is 0.316 e. The van der Waals surface area contributed by atoms with Gasteiger partial charge in [-0.15, -0.1) is 0 Å². The van der Waals surface area contributed by atoms with Crippen LogP contribution >= 0.6 is 11.8 Å². The average molecular weight is 289 g/mol. The molecule has 1 heterocycles. The standard InChI is InChI=1S/C16H19NO2S/c1-4-12-9-13-8-11(3)6-7-14(13)17-16(12)20-10-15(18)19-5-2/h6-9H,4-5,10H2,1-3H3. The molecule has 0 radical (unpaired) electrons. The number of ether oxygens (including phenoxy) is 1. The molecule has 1 aromatic carbocycles. The number of rotatable bonds is 5. The predicted molar refractivity (Wildman–Crippen MR) is 83.2 cm³/mol. The molecular weight excluding hydrogens is 270 g/mol. The largest absolute Gasteiger partial charge is 0.465 e. The first kappa shape index (κ1) is 14.9. The highest BCUT2D eigenvalue weighted by atomic mass is 32.2. The van der Waals surface area contributed by atoms with E-state index in [1.54, 1.807) is 0 Å². The van der Waals surface area contributed by atoms with Crippen molar-refractivity contribution in [1.82, 2.24) is 4.98 Å². The van der Waals surface area contributed by atoms with Crippen LogP contribution in [-0.4, -0.2) is 23.3 Å². The number of carbonyl (C=O) groups excluding carboxylic acids is 1. The van der Waals surface area contributed by atoms with Crippen molar-refractivity contribution in [2.75, 3.05) is 12.4 Å². The summed E-state index contributed by atoms with van der Waals surface area (Å²) in [5.41, 5.74) is 3.38. The number of nitrogens with zero attached hydrogens (tertiary/aromatic N) is 1. The molecule has 0 fully saturated rings. The molecule has 0 unspecified atom stereocenters. The highest BCUT2D eigenvalue weighted by Gasteiger charge is 2.10. The zero-order valence-electron chi connectivity index (χ0n) is 12.1. The summed E-state index contributed by atoms with van der Waals surface area (Å²) in [4.78, 5) is 16.1. The fourth-order valence-corrected chi connectivity index (χ4v) is 2.92. The molecule has 0 atom stereocenters. The van der Waals surface area contributed by atoms with Crippen molar-refractivity contribution in [2.24, 2.45) is 0 Å². The maximum absolute atomic E-state index is 11.5. The number of fused-ring (bicyclic) bond motifs is 1. The lowest BCUT2D eigenvalue weighted by atomic mass is 10.1. The zero-order valence-corrected chi connectivity index (χ0v) is 12.9. The third-order valence-corrected chi connectivity index (χ3v) is 4.03. The van der Waals surface area contributed by atoms with Crippen molar-refractivity contribution >= 4 is 28.6 Å². The molecule has 3 nitrogen and oxygen atoms in total. The van der Waals surface area contributed by atoms with E-state index in [2.05, 4.69) is 37.0 Å². The molecule has 0 saturated heterocycles. The van der Waals surface area contributed by atoms with E-state index >= 15 is 0 Å². The van der Waals surface area contributed by atoms with Gasteiger partial charge in [0.05, 0.1) is 17.9 Å². The van der Waals surface area contributed by atoms with E-state index in [4.69, 9.17) is 4.74 Å².